The monoisotopic (exact) mass is 375 g/mol. The highest BCUT2D eigenvalue weighted by atomic mass is 32.2. The highest BCUT2D eigenvalue weighted by Gasteiger charge is 2.45. The second-order valence-electron chi connectivity index (χ2n) is 6.89. The van der Waals surface area contributed by atoms with Crippen LogP contribution in [0.25, 0.3) is 11.1 Å². The van der Waals surface area contributed by atoms with Gasteiger partial charge in [0, 0.05) is 5.75 Å². The second-order valence-corrected chi connectivity index (χ2v) is 8.13. The molecule has 0 amide bonds. The molecule has 27 heavy (non-hydrogen) atoms. The summed E-state index contributed by atoms with van der Waals surface area (Å²) in [7, 11) is 0. The minimum Gasteiger partial charge on any atom is -0.480 e. The minimum absolute atomic E-state index is 0.325. The van der Waals surface area contributed by atoms with E-state index in [0.29, 0.717) is 5.75 Å². The van der Waals surface area contributed by atoms with Crippen LogP contribution in [-0.4, -0.2) is 22.9 Å². The van der Waals surface area contributed by atoms with Crippen LogP contribution >= 0.6 is 11.8 Å². The summed E-state index contributed by atoms with van der Waals surface area (Å²) in [5, 5.41) is 9.30. The minimum atomic E-state index is -0.971. The smallest absolute Gasteiger partial charge is 0.321 e. The quantitative estimate of drug-likeness (QED) is 0.693. The number of aryl methyl sites for hydroxylation is 1. The first kappa shape index (κ1) is 17.8. The molecule has 136 valence electrons. The maximum Gasteiger partial charge on any atom is 0.321 e. The number of carboxylic acids is 1. The molecule has 1 aliphatic rings. The van der Waals surface area contributed by atoms with Gasteiger partial charge in [-0.05, 0) is 34.7 Å². The molecule has 0 heterocycles. The lowest BCUT2D eigenvalue weighted by Crippen LogP contribution is -2.35. The van der Waals surface area contributed by atoms with E-state index in [4.69, 9.17) is 5.73 Å². The third-order valence-corrected chi connectivity index (χ3v) is 6.79. The van der Waals surface area contributed by atoms with Crippen molar-refractivity contribution < 1.29 is 9.90 Å². The van der Waals surface area contributed by atoms with E-state index in [2.05, 4.69) is 67.6 Å². The predicted molar refractivity (Wildman–Crippen MR) is 111 cm³/mol. The Morgan fingerprint density at radius 1 is 0.963 bits per heavy atom. The molecule has 0 aliphatic heterocycles. The second kappa shape index (κ2) is 6.87. The molecule has 0 fully saturated rings. The fraction of sp³-hybridized carbons (Fsp3) is 0.174. The highest BCUT2D eigenvalue weighted by Crippen LogP contribution is 2.58. The molecule has 0 aromatic heterocycles. The number of rotatable bonds is 5. The lowest BCUT2D eigenvalue weighted by atomic mass is 9.88. The summed E-state index contributed by atoms with van der Waals surface area (Å²) >= 11 is 1.61. The van der Waals surface area contributed by atoms with E-state index < -0.39 is 16.8 Å². The molecule has 3 N–H and O–H groups in total. The largest absolute Gasteiger partial charge is 0.480 e. The molecule has 0 spiro atoms. The van der Waals surface area contributed by atoms with Gasteiger partial charge in [-0.3, -0.25) is 4.79 Å². The number of hydrogen-bond acceptors (Lipinski definition) is 3. The molecular formula is C23H21NO2S. The molecule has 3 nitrogen and oxygen atoms in total. The highest BCUT2D eigenvalue weighted by molar-refractivity contribution is 8.00. The van der Waals surface area contributed by atoms with Gasteiger partial charge in [0.05, 0.1) is 4.75 Å². The predicted octanol–water partition coefficient (Wildman–Crippen LogP) is 4.41. The zero-order chi connectivity index (χ0) is 19.0. The maximum absolute atomic E-state index is 11.3. The third kappa shape index (κ3) is 2.85. The number of benzene rings is 3. The van der Waals surface area contributed by atoms with Crippen molar-refractivity contribution >= 4 is 17.7 Å². The molecular weight excluding hydrogens is 354 g/mol. The first-order valence-corrected chi connectivity index (χ1v) is 9.91. The SMILES string of the molecule is Cc1ccc(C2(SC[C@@H](N)C(=O)O)c3ccccc3-c3ccccc32)cc1. The van der Waals surface area contributed by atoms with Crippen LogP contribution in [0.2, 0.25) is 0 Å². The number of aliphatic carboxylic acids is 1. The number of thioether (sulfide) groups is 1. The van der Waals surface area contributed by atoms with Crippen molar-refractivity contribution in [2.75, 3.05) is 5.75 Å². The van der Waals surface area contributed by atoms with Gasteiger partial charge in [-0.15, -0.1) is 11.8 Å². The van der Waals surface area contributed by atoms with E-state index in [0.717, 1.165) is 5.56 Å². The van der Waals surface area contributed by atoms with Crippen LogP contribution in [0.15, 0.2) is 72.8 Å². The summed E-state index contributed by atoms with van der Waals surface area (Å²) in [5.41, 5.74) is 13.0. The zero-order valence-electron chi connectivity index (χ0n) is 15.1. The van der Waals surface area contributed by atoms with Gasteiger partial charge >= 0.3 is 5.97 Å². The van der Waals surface area contributed by atoms with Crippen molar-refractivity contribution in [3.8, 4) is 11.1 Å². The lowest BCUT2D eigenvalue weighted by Gasteiger charge is -2.33. The molecule has 4 heteroatoms. The molecule has 1 aliphatic carbocycles. The molecule has 0 saturated carbocycles. The Morgan fingerprint density at radius 2 is 1.48 bits per heavy atom. The summed E-state index contributed by atoms with van der Waals surface area (Å²) in [5.74, 6) is -0.646. The van der Waals surface area contributed by atoms with E-state index in [-0.39, 0.29) is 0 Å². The Hall–Kier alpha value is -2.56. The molecule has 0 bridgehead atoms. The van der Waals surface area contributed by atoms with E-state index in [1.165, 1.54) is 27.8 Å². The molecule has 0 saturated heterocycles. The van der Waals surface area contributed by atoms with E-state index in [1.54, 1.807) is 11.8 Å². The Labute approximate surface area is 163 Å². The lowest BCUT2D eigenvalue weighted by molar-refractivity contribution is -0.137. The summed E-state index contributed by atoms with van der Waals surface area (Å²) in [6, 6.07) is 24.4. The van der Waals surface area contributed by atoms with Gasteiger partial charge in [-0.2, -0.15) is 0 Å². The maximum atomic E-state index is 11.3. The zero-order valence-corrected chi connectivity index (χ0v) is 15.9. The molecule has 3 aromatic rings. The van der Waals surface area contributed by atoms with Crippen molar-refractivity contribution in [2.24, 2.45) is 5.73 Å². The van der Waals surface area contributed by atoms with Gasteiger partial charge in [-0.25, -0.2) is 0 Å². The molecule has 3 aromatic carbocycles. The number of nitrogens with two attached hydrogens (primary N) is 1. The van der Waals surface area contributed by atoms with Crippen LogP contribution in [0.3, 0.4) is 0 Å². The molecule has 4 rings (SSSR count). The first-order chi connectivity index (χ1) is 13.0. The number of hydrogen-bond donors (Lipinski definition) is 2. The van der Waals surface area contributed by atoms with Gasteiger partial charge in [-0.1, -0.05) is 78.4 Å². The average Bonchev–Trinajstić information content (AvgIpc) is 2.98. The summed E-state index contributed by atoms with van der Waals surface area (Å²) in [4.78, 5) is 11.3. The molecule has 0 radical (unpaired) electrons. The van der Waals surface area contributed by atoms with Crippen molar-refractivity contribution in [2.45, 2.75) is 17.7 Å². The topological polar surface area (TPSA) is 63.3 Å². The van der Waals surface area contributed by atoms with Gasteiger partial charge in [0.25, 0.3) is 0 Å². The van der Waals surface area contributed by atoms with Crippen LogP contribution in [0.5, 0.6) is 0 Å². The van der Waals surface area contributed by atoms with Crippen LogP contribution in [0.1, 0.15) is 22.3 Å². The van der Waals surface area contributed by atoms with Crippen molar-refractivity contribution in [3.63, 3.8) is 0 Å². The van der Waals surface area contributed by atoms with Crippen LogP contribution in [0, 0.1) is 6.92 Å². The molecule has 1 atom stereocenters. The fourth-order valence-electron chi connectivity index (χ4n) is 3.82. The standard InChI is InChI=1S/C23H21NO2S/c1-15-10-12-16(13-11-15)23(27-14-21(24)22(25)26)19-8-4-2-6-17(19)18-7-3-5-9-20(18)23/h2-13,21H,14,24H2,1H3,(H,25,26)/t21-/m1/s1. The van der Waals surface area contributed by atoms with E-state index in [1.807, 2.05) is 12.1 Å². The fourth-order valence-corrected chi connectivity index (χ4v) is 5.36. The summed E-state index contributed by atoms with van der Waals surface area (Å²) in [6.45, 7) is 2.07. The van der Waals surface area contributed by atoms with Gasteiger partial charge in [0.2, 0.25) is 0 Å². The summed E-state index contributed by atoms with van der Waals surface area (Å²) in [6.07, 6.45) is 0. The average molecular weight is 375 g/mol. The number of fused-ring (bicyclic) bond motifs is 3. The van der Waals surface area contributed by atoms with Gasteiger partial charge in [0.1, 0.15) is 6.04 Å². The van der Waals surface area contributed by atoms with Crippen LogP contribution < -0.4 is 5.73 Å². The van der Waals surface area contributed by atoms with Crippen LogP contribution in [0.4, 0.5) is 0 Å². The Bertz CT molecular complexity index is 952. The van der Waals surface area contributed by atoms with Crippen molar-refractivity contribution in [1.29, 1.82) is 0 Å². The third-order valence-electron chi connectivity index (χ3n) is 5.16. The summed E-state index contributed by atoms with van der Waals surface area (Å²) < 4.78 is -0.464. The Kier molecular flexibility index (Phi) is 4.54. The Morgan fingerprint density at radius 3 is 2.00 bits per heavy atom. The van der Waals surface area contributed by atoms with E-state index in [9.17, 15) is 9.90 Å². The van der Waals surface area contributed by atoms with Crippen molar-refractivity contribution in [1.82, 2.24) is 0 Å². The van der Waals surface area contributed by atoms with Gasteiger partial charge in [0.15, 0.2) is 0 Å². The number of carboxylic acid groups (broad SMARTS) is 1. The van der Waals surface area contributed by atoms with Crippen LogP contribution in [-0.2, 0) is 9.54 Å². The number of carbonyl (C=O) groups is 1. The van der Waals surface area contributed by atoms with Crippen molar-refractivity contribution in [3.05, 3.63) is 95.1 Å². The Balaban J connectivity index is 1.95. The van der Waals surface area contributed by atoms with Gasteiger partial charge < -0.3 is 10.8 Å². The van der Waals surface area contributed by atoms with E-state index >= 15 is 0 Å². The first-order valence-electron chi connectivity index (χ1n) is 8.93. The normalized spacial score (nSPS) is 15.0. The molecule has 0 unspecified atom stereocenters.